The van der Waals surface area contributed by atoms with Crippen LogP contribution in [0.2, 0.25) is 0 Å². The van der Waals surface area contributed by atoms with Crippen molar-refractivity contribution >= 4 is 64.9 Å². The summed E-state index contributed by atoms with van der Waals surface area (Å²) >= 11 is 6.51. The molecule has 0 fully saturated rings. The largest absolute Gasteiger partial charge is 0.454 e. The summed E-state index contributed by atoms with van der Waals surface area (Å²) in [6, 6.07) is 7.33. The molecule has 0 saturated heterocycles. The predicted octanol–water partition coefficient (Wildman–Crippen LogP) is 4.40. The van der Waals surface area contributed by atoms with Crippen LogP contribution in [0.4, 0.5) is 0 Å². The van der Waals surface area contributed by atoms with Gasteiger partial charge in [0.2, 0.25) is 0 Å². The molecule has 2 rings (SSSR count). The van der Waals surface area contributed by atoms with Crippen LogP contribution in [-0.2, 0) is 12.8 Å². The van der Waals surface area contributed by atoms with E-state index in [0.29, 0.717) is 46.7 Å². The van der Waals surface area contributed by atoms with Gasteiger partial charge in [0.1, 0.15) is 11.5 Å². The molecule has 12 heteroatoms. The van der Waals surface area contributed by atoms with E-state index in [2.05, 4.69) is 52.8 Å². The highest BCUT2D eigenvalue weighted by Crippen LogP contribution is 2.19. The van der Waals surface area contributed by atoms with Gasteiger partial charge in [0, 0.05) is 50.5 Å². The van der Waals surface area contributed by atoms with Crippen molar-refractivity contribution in [3.8, 4) is 0 Å². The second-order valence-corrected chi connectivity index (χ2v) is 10.4. The van der Waals surface area contributed by atoms with Crippen LogP contribution < -0.4 is 10.6 Å². The topological polar surface area (TPSA) is 116 Å². The normalized spacial score (nSPS) is 12.6. The monoisotopic (exact) mass is 582 g/mol. The Bertz CT molecular complexity index is 747. The average molecular weight is 584 g/mol. The first-order valence-corrected chi connectivity index (χ1v) is 13.2. The molecule has 0 radical (unpaired) electrons. The molecule has 0 saturated carbocycles. The molecule has 0 bridgehead atoms. The van der Waals surface area contributed by atoms with E-state index in [9.17, 15) is 0 Å². The molecular weight excluding hydrogens is 560 g/mol. The minimum atomic E-state index is 0.471. The van der Waals surface area contributed by atoms with Gasteiger partial charge in [-0.25, -0.2) is 0 Å². The molecule has 30 heavy (non-hydrogen) atoms. The molecule has 0 aliphatic carbocycles. The maximum absolute atomic E-state index is 9.10. The van der Waals surface area contributed by atoms with Crippen LogP contribution in [0.5, 0.6) is 0 Å². The zero-order valence-electron chi connectivity index (χ0n) is 16.1. The molecule has 4 N–H and O–H groups in total. The maximum atomic E-state index is 9.10. The molecule has 8 nitrogen and oxygen atoms in total. The number of oxime groups is 2. The Hall–Kier alpha value is -0.920. The van der Waals surface area contributed by atoms with E-state index < -0.39 is 0 Å². The van der Waals surface area contributed by atoms with Crippen LogP contribution in [0.3, 0.4) is 0 Å². The second-order valence-electron chi connectivity index (χ2n) is 6.10. The fourth-order valence-corrected chi connectivity index (χ4v) is 4.95. The van der Waals surface area contributed by atoms with Gasteiger partial charge in [-0.1, -0.05) is 31.9 Å². The highest BCUT2D eigenvalue weighted by atomic mass is 79.9. The first-order chi connectivity index (χ1) is 14.6. The molecule has 0 aromatic carbocycles. The third-order valence-corrected chi connectivity index (χ3v) is 7.02. The van der Waals surface area contributed by atoms with Crippen LogP contribution >= 0.6 is 53.4 Å². The van der Waals surface area contributed by atoms with Gasteiger partial charge in [0.05, 0.1) is 11.4 Å². The summed E-state index contributed by atoms with van der Waals surface area (Å²) in [7, 11) is 3.55. The van der Waals surface area contributed by atoms with Crippen molar-refractivity contribution in [2.24, 2.45) is 10.3 Å². The van der Waals surface area contributed by atoms with Gasteiger partial charge in [-0.05, 0) is 56.1 Å². The summed E-state index contributed by atoms with van der Waals surface area (Å²) in [6.45, 7) is 2.65. The smallest absolute Gasteiger partial charge is 0.169 e. The van der Waals surface area contributed by atoms with E-state index in [-0.39, 0.29) is 0 Å². The quantitative estimate of drug-likeness (QED) is 0.0801. The second kappa shape index (κ2) is 15.0. The van der Waals surface area contributed by atoms with Gasteiger partial charge in [-0.15, -0.1) is 0 Å². The molecule has 0 amide bonds. The lowest BCUT2D eigenvalue weighted by Gasteiger charge is -2.07. The number of furan rings is 2. The van der Waals surface area contributed by atoms with Crippen molar-refractivity contribution in [1.29, 1.82) is 0 Å². The first kappa shape index (κ1) is 25.3. The SMILES string of the molecule is O/N=C(/CNCCSSCCNC/C(Cc1ccc(Br)o1)=N/O)Cc1ccc(Br)o1. The number of hydrogen-bond donors (Lipinski definition) is 4. The summed E-state index contributed by atoms with van der Waals surface area (Å²) in [4.78, 5) is 0. The third kappa shape index (κ3) is 10.4. The van der Waals surface area contributed by atoms with Crippen molar-refractivity contribution in [3.63, 3.8) is 0 Å². The molecule has 0 aliphatic heterocycles. The molecular formula is C18H24Br2N4O4S2. The van der Waals surface area contributed by atoms with Crippen molar-refractivity contribution in [2.75, 3.05) is 37.7 Å². The summed E-state index contributed by atoms with van der Waals surface area (Å²) in [5.74, 6) is 3.37. The summed E-state index contributed by atoms with van der Waals surface area (Å²) in [6.07, 6.45) is 0.942. The molecule has 166 valence electrons. The standard InChI is InChI=1S/C18H24Br2N4O4S2/c19-17-3-1-15(27-17)9-13(23-25)11-21-5-7-29-30-8-6-22-12-14(24-26)10-16-2-4-18(20)28-16/h1-4,21-22,25-26H,5-12H2/b23-13+,24-14+. The fourth-order valence-electron chi connectivity index (χ4n) is 2.37. The van der Waals surface area contributed by atoms with Gasteiger partial charge in [0.15, 0.2) is 9.34 Å². The lowest BCUT2D eigenvalue weighted by Crippen LogP contribution is -2.27. The highest BCUT2D eigenvalue weighted by Gasteiger charge is 2.07. The molecule has 2 aromatic heterocycles. The zero-order chi connectivity index (χ0) is 21.6. The van der Waals surface area contributed by atoms with Crippen molar-refractivity contribution in [3.05, 3.63) is 45.1 Å². The molecule has 0 aliphatic rings. The van der Waals surface area contributed by atoms with E-state index >= 15 is 0 Å². The Labute approximate surface area is 199 Å². The minimum Gasteiger partial charge on any atom is -0.454 e. The lowest BCUT2D eigenvalue weighted by molar-refractivity contribution is 0.316. The molecule has 2 heterocycles. The maximum Gasteiger partial charge on any atom is 0.169 e. The number of hydrogen-bond acceptors (Lipinski definition) is 10. The van der Waals surface area contributed by atoms with Crippen LogP contribution in [-0.4, -0.2) is 59.5 Å². The van der Waals surface area contributed by atoms with E-state index in [1.807, 2.05) is 24.3 Å². The van der Waals surface area contributed by atoms with Crippen LogP contribution in [0.15, 0.2) is 52.8 Å². The average Bonchev–Trinajstić information content (AvgIpc) is 3.34. The Morgan fingerprint density at radius 2 is 1.23 bits per heavy atom. The highest BCUT2D eigenvalue weighted by molar-refractivity contribution is 9.10. The summed E-state index contributed by atoms with van der Waals surface area (Å²) < 4.78 is 12.2. The minimum absolute atomic E-state index is 0.471. The number of halogens is 2. The summed E-state index contributed by atoms with van der Waals surface area (Å²) in [5, 5.41) is 31.4. The van der Waals surface area contributed by atoms with Crippen molar-refractivity contribution in [2.45, 2.75) is 12.8 Å². The number of nitrogens with one attached hydrogen (secondary N) is 2. The van der Waals surface area contributed by atoms with Gasteiger partial charge in [0.25, 0.3) is 0 Å². The fraction of sp³-hybridized carbons (Fsp3) is 0.444. The van der Waals surface area contributed by atoms with E-state index in [1.165, 1.54) is 0 Å². The first-order valence-electron chi connectivity index (χ1n) is 9.14. The molecule has 2 aromatic rings. The number of nitrogens with zero attached hydrogens (tertiary/aromatic N) is 2. The van der Waals surface area contributed by atoms with Gasteiger partial charge in [-0.3, -0.25) is 0 Å². The molecule has 0 atom stereocenters. The summed E-state index contributed by atoms with van der Waals surface area (Å²) in [5.41, 5.74) is 1.25. The van der Waals surface area contributed by atoms with Crippen LogP contribution in [0.1, 0.15) is 11.5 Å². The van der Waals surface area contributed by atoms with Crippen LogP contribution in [0.25, 0.3) is 0 Å². The van der Waals surface area contributed by atoms with E-state index in [4.69, 9.17) is 19.2 Å². The molecule has 0 unspecified atom stereocenters. The van der Waals surface area contributed by atoms with E-state index in [1.54, 1.807) is 21.6 Å². The lowest BCUT2D eigenvalue weighted by atomic mass is 10.2. The van der Waals surface area contributed by atoms with Gasteiger partial charge < -0.3 is 29.9 Å². The Morgan fingerprint density at radius 3 is 1.57 bits per heavy atom. The van der Waals surface area contributed by atoms with E-state index in [0.717, 1.165) is 36.1 Å². The van der Waals surface area contributed by atoms with Crippen molar-refractivity contribution in [1.82, 2.24) is 10.6 Å². The Balaban J connectivity index is 1.45. The van der Waals surface area contributed by atoms with Crippen molar-refractivity contribution < 1.29 is 19.2 Å². The third-order valence-electron chi connectivity index (χ3n) is 3.76. The zero-order valence-corrected chi connectivity index (χ0v) is 20.9. The Kier molecular flexibility index (Phi) is 12.7. The van der Waals surface area contributed by atoms with Gasteiger partial charge >= 0.3 is 0 Å². The Morgan fingerprint density at radius 1 is 0.800 bits per heavy atom. The van der Waals surface area contributed by atoms with Crippen LogP contribution in [0, 0.1) is 0 Å². The predicted molar refractivity (Wildman–Crippen MR) is 129 cm³/mol. The number of rotatable bonds is 15. The molecule has 0 spiro atoms. The van der Waals surface area contributed by atoms with Gasteiger partial charge in [-0.2, -0.15) is 0 Å².